The Morgan fingerprint density at radius 2 is 1.90 bits per heavy atom. The van der Waals surface area contributed by atoms with E-state index in [-0.39, 0.29) is 11.7 Å². The third-order valence-corrected chi connectivity index (χ3v) is 5.80. The lowest BCUT2D eigenvalue weighted by molar-refractivity contribution is 0.0685. The normalized spacial score (nSPS) is 15.0. The van der Waals surface area contributed by atoms with Gasteiger partial charge in [0.05, 0.1) is 5.56 Å². The molecule has 1 saturated heterocycles. The highest BCUT2D eigenvalue weighted by Gasteiger charge is 2.26. The number of amides is 1. The number of carbonyl (C=O) groups excluding carboxylic acids is 1. The Morgan fingerprint density at radius 1 is 1.17 bits per heavy atom. The predicted molar refractivity (Wildman–Crippen MR) is 109 cm³/mol. The Bertz CT molecular complexity index is 1080. The van der Waals surface area contributed by atoms with Gasteiger partial charge in [-0.1, -0.05) is 18.2 Å². The van der Waals surface area contributed by atoms with E-state index in [0.717, 1.165) is 29.4 Å². The second-order valence-electron chi connectivity index (χ2n) is 7.77. The van der Waals surface area contributed by atoms with Crippen LogP contribution in [-0.2, 0) is 6.42 Å². The quantitative estimate of drug-likeness (QED) is 0.688. The van der Waals surface area contributed by atoms with E-state index >= 15 is 0 Å². The molecule has 2 aromatic carbocycles. The van der Waals surface area contributed by atoms with Crippen molar-refractivity contribution in [2.45, 2.75) is 26.2 Å². The standard InChI is InChI=1S/C23H23FN2O3/c1-14-10-17(24)12-20-19(14)13-21(25-20)22(27)26-8-6-15(7-9-26)11-16-4-2-3-5-18(16)23(28)29/h2-5,10,12-13,15,25H,6-9,11H2,1H3,(H,28,29). The van der Waals surface area contributed by atoms with Gasteiger partial charge in [-0.25, -0.2) is 9.18 Å². The predicted octanol–water partition coefficient (Wildman–Crippen LogP) is 4.41. The van der Waals surface area contributed by atoms with Crippen LogP contribution in [0.25, 0.3) is 10.9 Å². The number of hydrogen-bond donors (Lipinski definition) is 2. The molecule has 0 spiro atoms. The summed E-state index contributed by atoms with van der Waals surface area (Å²) < 4.78 is 13.6. The van der Waals surface area contributed by atoms with Crippen molar-refractivity contribution in [1.29, 1.82) is 0 Å². The first-order valence-electron chi connectivity index (χ1n) is 9.81. The lowest BCUT2D eigenvalue weighted by atomic mass is 9.88. The molecule has 1 aliphatic heterocycles. The molecule has 0 saturated carbocycles. The van der Waals surface area contributed by atoms with Crippen molar-refractivity contribution in [3.8, 4) is 0 Å². The maximum Gasteiger partial charge on any atom is 0.335 e. The third kappa shape index (κ3) is 3.88. The fourth-order valence-electron chi connectivity index (χ4n) is 4.22. The van der Waals surface area contributed by atoms with Gasteiger partial charge in [0.15, 0.2) is 0 Å². The van der Waals surface area contributed by atoms with Crippen molar-refractivity contribution in [1.82, 2.24) is 9.88 Å². The van der Waals surface area contributed by atoms with Crippen LogP contribution in [0.4, 0.5) is 4.39 Å². The highest BCUT2D eigenvalue weighted by atomic mass is 19.1. The Hall–Kier alpha value is -3.15. The smallest absolute Gasteiger partial charge is 0.335 e. The van der Waals surface area contributed by atoms with Crippen molar-refractivity contribution >= 4 is 22.8 Å². The molecule has 29 heavy (non-hydrogen) atoms. The Kier molecular flexibility index (Phi) is 5.09. The van der Waals surface area contributed by atoms with Gasteiger partial charge in [0.25, 0.3) is 5.91 Å². The number of aromatic nitrogens is 1. The maximum absolute atomic E-state index is 13.6. The number of benzene rings is 2. The molecule has 1 aromatic heterocycles. The number of nitrogens with one attached hydrogen (secondary N) is 1. The van der Waals surface area contributed by atoms with Crippen LogP contribution in [0, 0.1) is 18.7 Å². The monoisotopic (exact) mass is 394 g/mol. The number of carboxylic acid groups (broad SMARTS) is 1. The number of carboxylic acids is 1. The summed E-state index contributed by atoms with van der Waals surface area (Å²) >= 11 is 0. The minimum absolute atomic E-state index is 0.0783. The van der Waals surface area contributed by atoms with Crippen molar-refractivity contribution in [2.75, 3.05) is 13.1 Å². The molecule has 0 bridgehead atoms. The number of hydrogen-bond acceptors (Lipinski definition) is 2. The molecule has 6 heteroatoms. The summed E-state index contributed by atoms with van der Waals surface area (Å²) in [6.07, 6.45) is 2.36. The van der Waals surface area contributed by atoms with E-state index < -0.39 is 5.97 Å². The minimum atomic E-state index is -0.904. The number of nitrogens with zero attached hydrogens (tertiary/aromatic N) is 1. The Morgan fingerprint density at radius 3 is 2.62 bits per heavy atom. The molecule has 0 atom stereocenters. The lowest BCUT2D eigenvalue weighted by Gasteiger charge is -2.32. The molecular weight excluding hydrogens is 371 g/mol. The Labute approximate surface area is 168 Å². The van der Waals surface area contributed by atoms with Crippen LogP contribution in [0.3, 0.4) is 0 Å². The molecule has 5 nitrogen and oxygen atoms in total. The van der Waals surface area contributed by atoms with Crippen molar-refractivity contribution in [2.24, 2.45) is 5.92 Å². The molecule has 4 rings (SSSR count). The van der Waals surface area contributed by atoms with Crippen LogP contribution < -0.4 is 0 Å². The van der Waals surface area contributed by atoms with Crippen LogP contribution in [0.15, 0.2) is 42.5 Å². The first-order valence-corrected chi connectivity index (χ1v) is 9.81. The van der Waals surface area contributed by atoms with E-state index in [2.05, 4.69) is 4.98 Å². The van der Waals surface area contributed by atoms with Gasteiger partial charge in [0, 0.05) is 24.0 Å². The van der Waals surface area contributed by atoms with Crippen LogP contribution in [0.5, 0.6) is 0 Å². The average molecular weight is 394 g/mol. The zero-order chi connectivity index (χ0) is 20.5. The first-order chi connectivity index (χ1) is 13.9. The van der Waals surface area contributed by atoms with Crippen LogP contribution >= 0.6 is 0 Å². The number of aromatic carboxylic acids is 1. The van der Waals surface area contributed by atoms with Gasteiger partial charge in [-0.05, 0) is 67.5 Å². The lowest BCUT2D eigenvalue weighted by Crippen LogP contribution is -2.39. The minimum Gasteiger partial charge on any atom is -0.478 e. The number of H-pyrrole nitrogens is 1. The summed E-state index contributed by atoms with van der Waals surface area (Å²) in [7, 11) is 0. The summed E-state index contributed by atoms with van der Waals surface area (Å²) in [5, 5.41) is 10.2. The van der Waals surface area contributed by atoms with Crippen molar-refractivity contribution in [3.05, 3.63) is 70.7 Å². The van der Waals surface area contributed by atoms with Crippen LogP contribution in [-0.4, -0.2) is 40.0 Å². The van der Waals surface area contributed by atoms with Crippen molar-refractivity contribution in [3.63, 3.8) is 0 Å². The molecule has 2 N–H and O–H groups in total. The van der Waals surface area contributed by atoms with E-state index in [4.69, 9.17) is 0 Å². The van der Waals surface area contributed by atoms with Gasteiger partial charge >= 0.3 is 5.97 Å². The topological polar surface area (TPSA) is 73.4 Å². The van der Waals surface area contributed by atoms with Crippen LogP contribution in [0.1, 0.15) is 44.8 Å². The van der Waals surface area contributed by atoms with Gasteiger partial charge in [-0.15, -0.1) is 0 Å². The molecule has 2 heterocycles. The Balaban J connectivity index is 1.43. The molecule has 1 aliphatic rings. The number of aryl methyl sites for hydroxylation is 1. The fourth-order valence-corrected chi connectivity index (χ4v) is 4.22. The molecule has 1 fully saturated rings. The number of fused-ring (bicyclic) bond motifs is 1. The summed E-state index contributed by atoms with van der Waals surface area (Å²) in [5.74, 6) is -0.957. The number of likely N-dealkylation sites (tertiary alicyclic amines) is 1. The molecule has 0 unspecified atom stereocenters. The van der Waals surface area contributed by atoms with E-state index in [1.54, 1.807) is 18.2 Å². The van der Waals surface area contributed by atoms with E-state index in [0.29, 0.717) is 42.2 Å². The summed E-state index contributed by atoms with van der Waals surface area (Å²) in [6, 6.07) is 11.8. The van der Waals surface area contributed by atoms with Gasteiger partial charge < -0.3 is 15.0 Å². The number of aromatic amines is 1. The molecule has 0 aliphatic carbocycles. The van der Waals surface area contributed by atoms with E-state index in [1.165, 1.54) is 12.1 Å². The van der Waals surface area contributed by atoms with Gasteiger partial charge in [-0.2, -0.15) is 0 Å². The van der Waals surface area contributed by atoms with Gasteiger partial charge in [-0.3, -0.25) is 4.79 Å². The maximum atomic E-state index is 13.6. The zero-order valence-electron chi connectivity index (χ0n) is 16.2. The second kappa shape index (κ2) is 7.70. The van der Waals surface area contributed by atoms with E-state index in [9.17, 15) is 19.1 Å². The number of carbonyl (C=O) groups is 2. The molecule has 1 amide bonds. The van der Waals surface area contributed by atoms with E-state index in [1.807, 2.05) is 24.0 Å². The van der Waals surface area contributed by atoms with Crippen molar-refractivity contribution < 1.29 is 19.1 Å². The average Bonchev–Trinajstić information content (AvgIpc) is 3.13. The van der Waals surface area contributed by atoms with Gasteiger partial charge in [0.2, 0.25) is 0 Å². The largest absolute Gasteiger partial charge is 0.478 e. The summed E-state index contributed by atoms with van der Waals surface area (Å²) in [5.41, 5.74) is 3.10. The third-order valence-electron chi connectivity index (χ3n) is 5.80. The molecule has 3 aromatic rings. The first kappa shape index (κ1) is 19.2. The highest BCUT2D eigenvalue weighted by molar-refractivity contribution is 5.99. The number of piperidine rings is 1. The van der Waals surface area contributed by atoms with Gasteiger partial charge in [0.1, 0.15) is 11.5 Å². The number of halogens is 1. The molecular formula is C23H23FN2O3. The SMILES string of the molecule is Cc1cc(F)cc2[nH]c(C(=O)N3CCC(Cc4ccccc4C(=O)O)CC3)cc12. The zero-order valence-corrected chi connectivity index (χ0v) is 16.2. The highest BCUT2D eigenvalue weighted by Crippen LogP contribution is 2.26. The summed E-state index contributed by atoms with van der Waals surface area (Å²) in [6.45, 7) is 3.08. The number of rotatable bonds is 4. The fraction of sp³-hybridized carbons (Fsp3) is 0.304. The molecule has 150 valence electrons. The second-order valence-corrected chi connectivity index (χ2v) is 7.77. The summed E-state index contributed by atoms with van der Waals surface area (Å²) in [4.78, 5) is 29.2. The molecule has 0 radical (unpaired) electrons. The van der Waals surface area contributed by atoms with Crippen LogP contribution in [0.2, 0.25) is 0 Å².